The predicted molar refractivity (Wildman–Crippen MR) is 119 cm³/mol. The molecule has 0 aliphatic carbocycles. The highest BCUT2D eigenvalue weighted by molar-refractivity contribution is 7.17. The summed E-state index contributed by atoms with van der Waals surface area (Å²) in [6.45, 7) is 3.49. The number of benzene rings is 2. The molecule has 31 heavy (non-hydrogen) atoms. The summed E-state index contributed by atoms with van der Waals surface area (Å²) in [7, 11) is 1.64. The van der Waals surface area contributed by atoms with Crippen LogP contribution in [0.4, 0.5) is 0 Å². The van der Waals surface area contributed by atoms with E-state index < -0.39 is 0 Å². The Kier molecular flexibility index (Phi) is 5.40. The Morgan fingerprint density at radius 3 is 2.65 bits per heavy atom. The zero-order valence-electron chi connectivity index (χ0n) is 17.2. The van der Waals surface area contributed by atoms with Gasteiger partial charge in [-0.05, 0) is 30.3 Å². The quantitative estimate of drug-likeness (QED) is 0.474. The van der Waals surface area contributed by atoms with Crippen LogP contribution in [0.5, 0.6) is 5.75 Å². The second-order valence-corrected chi connectivity index (χ2v) is 8.37. The lowest BCUT2D eigenvalue weighted by Gasteiger charge is -2.33. The highest BCUT2D eigenvalue weighted by Crippen LogP contribution is 2.27. The van der Waals surface area contributed by atoms with Crippen molar-refractivity contribution in [3.63, 3.8) is 0 Å². The molecule has 1 aliphatic heterocycles. The van der Waals surface area contributed by atoms with E-state index in [-0.39, 0.29) is 5.91 Å². The molecular weight excluding hydrogens is 412 g/mol. The first-order valence-corrected chi connectivity index (χ1v) is 11.0. The number of piperazine rings is 1. The molecule has 0 unspecified atom stereocenters. The summed E-state index contributed by atoms with van der Waals surface area (Å²) < 4.78 is 11.8. The van der Waals surface area contributed by atoms with Crippen LogP contribution in [0.2, 0.25) is 0 Å². The van der Waals surface area contributed by atoms with Gasteiger partial charge in [0.1, 0.15) is 5.75 Å². The van der Waals surface area contributed by atoms with Crippen molar-refractivity contribution < 1.29 is 14.1 Å². The summed E-state index contributed by atoms with van der Waals surface area (Å²) in [6.07, 6.45) is 0. The van der Waals surface area contributed by atoms with Crippen LogP contribution in [0, 0.1) is 0 Å². The van der Waals surface area contributed by atoms with Gasteiger partial charge in [0.2, 0.25) is 11.7 Å². The van der Waals surface area contributed by atoms with Crippen LogP contribution in [-0.4, -0.2) is 59.1 Å². The summed E-state index contributed by atoms with van der Waals surface area (Å²) in [5, 5.41) is 7.11. The third-order valence-corrected chi connectivity index (χ3v) is 6.51. The smallest absolute Gasteiger partial charge is 0.255 e. The van der Waals surface area contributed by atoms with E-state index in [1.807, 2.05) is 52.7 Å². The van der Waals surface area contributed by atoms with Crippen molar-refractivity contribution in [3.8, 4) is 17.1 Å². The summed E-state index contributed by atoms with van der Waals surface area (Å²) in [6, 6.07) is 15.6. The Morgan fingerprint density at radius 1 is 1.10 bits per heavy atom. The third-order valence-electron chi connectivity index (χ3n) is 5.55. The minimum absolute atomic E-state index is 0.108. The zero-order chi connectivity index (χ0) is 21.2. The lowest BCUT2D eigenvalue weighted by molar-refractivity contribution is 0.0617. The number of nitrogens with zero attached hydrogens (tertiary/aromatic N) is 4. The number of ether oxygens (including phenoxy) is 1. The average Bonchev–Trinajstić information content (AvgIpc) is 3.46. The van der Waals surface area contributed by atoms with E-state index in [4.69, 9.17) is 9.26 Å². The molecule has 0 spiro atoms. The van der Waals surface area contributed by atoms with Crippen molar-refractivity contribution in [2.45, 2.75) is 6.54 Å². The molecule has 1 saturated heterocycles. The Bertz CT molecular complexity index is 1190. The molecule has 0 N–H and O–H groups in total. The molecule has 1 aliphatic rings. The van der Waals surface area contributed by atoms with Gasteiger partial charge in [-0.2, -0.15) is 4.98 Å². The molecule has 5 rings (SSSR count). The molecule has 8 heteroatoms. The lowest BCUT2D eigenvalue weighted by atomic mass is 10.1. The molecular formula is C23H22N4O3S. The summed E-state index contributed by atoms with van der Waals surface area (Å²) in [5.41, 5.74) is 1.68. The zero-order valence-corrected chi connectivity index (χ0v) is 18.0. The number of rotatable bonds is 5. The molecule has 1 fully saturated rings. The van der Waals surface area contributed by atoms with Crippen LogP contribution in [0.25, 0.3) is 21.5 Å². The molecule has 7 nitrogen and oxygen atoms in total. The van der Waals surface area contributed by atoms with Gasteiger partial charge in [0.25, 0.3) is 5.91 Å². The molecule has 4 aromatic rings. The topological polar surface area (TPSA) is 71.7 Å². The second kappa shape index (κ2) is 8.49. The van der Waals surface area contributed by atoms with Crippen molar-refractivity contribution >= 4 is 27.3 Å². The van der Waals surface area contributed by atoms with Gasteiger partial charge in [-0.1, -0.05) is 23.4 Å². The molecule has 0 bridgehead atoms. The third kappa shape index (κ3) is 4.04. The number of thiophene rings is 1. The largest absolute Gasteiger partial charge is 0.497 e. The highest BCUT2D eigenvalue weighted by Gasteiger charge is 2.25. The molecule has 1 amide bonds. The molecule has 0 saturated carbocycles. The average molecular weight is 435 g/mol. The fourth-order valence-electron chi connectivity index (χ4n) is 3.79. The minimum Gasteiger partial charge on any atom is -0.497 e. The Labute approximate surface area is 183 Å². The van der Waals surface area contributed by atoms with Crippen LogP contribution in [0.1, 0.15) is 16.2 Å². The number of carbonyl (C=O) groups is 1. The van der Waals surface area contributed by atoms with Crippen LogP contribution in [0.3, 0.4) is 0 Å². The molecule has 2 aromatic heterocycles. The van der Waals surface area contributed by atoms with E-state index >= 15 is 0 Å². The van der Waals surface area contributed by atoms with Crippen molar-refractivity contribution in [1.29, 1.82) is 0 Å². The van der Waals surface area contributed by atoms with Gasteiger partial charge in [-0.3, -0.25) is 9.69 Å². The van der Waals surface area contributed by atoms with Crippen molar-refractivity contribution in [3.05, 3.63) is 65.4 Å². The van der Waals surface area contributed by atoms with E-state index in [9.17, 15) is 4.79 Å². The van der Waals surface area contributed by atoms with Gasteiger partial charge >= 0.3 is 0 Å². The maximum Gasteiger partial charge on any atom is 0.255 e. The first kappa shape index (κ1) is 19.7. The molecule has 158 valence electrons. The predicted octanol–water partition coefficient (Wildman–Crippen LogP) is 3.92. The van der Waals surface area contributed by atoms with Crippen LogP contribution >= 0.6 is 11.3 Å². The maximum absolute atomic E-state index is 13.0. The number of hydrogen-bond donors (Lipinski definition) is 0. The number of fused-ring (bicyclic) bond motifs is 1. The van der Waals surface area contributed by atoms with Crippen molar-refractivity contribution in [1.82, 2.24) is 19.9 Å². The maximum atomic E-state index is 13.0. The fourth-order valence-corrected chi connectivity index (χ4v) is 4.73. The van der Waals surface area contributed by atoms with E-state index in [1.165, 1.54) is 0 Å². The van der Waals surface area contributed by atoms with Gasteiger partial charge in [0, 0.05) is 47.2 Å². The standard InChI is InChI=1S/C23H22N4O3S/c1-29-17-8-6-16(7-9-17)22-24-21(30-25-22)14-26-10-12-27(13-11-26)23(28)19-15-31-20-5-3-2-4-18(19)20/h2-9,15H,10-14H2,1H3. The Balaban J connectivity index is 1.19. The van der Waals surface area contributed by atoms with Crippen LogP contribution < -0.4 is 4.74 Å². The van der Waals surface area contributed by atoms with Gasteiger partial charge < -0.3 is 14.2 Å². The van der Waals surface area contributed by atoms with Crippen LogP contribution in [-0.2, 0) is 6.54 Å². The SMILES string of the molecule is COc1ccc(-c2noc(CN3CCN(C(=O)c4csc5ccccc45)CC3)n2)cc1. The highest BCUT2D eigenvalue weighted by atomic mass is 32.1. The molecule has 2 aromatic carbocycles. The van der Waals surface area contributed by atoms with Crippen molar-refractivity contribution in [2.75, 3.05) is 33.3 Å². The first-order valence-electron chi connectivity index (χ1n) is 10.2. The number of carbonyl (C=O) groups excluding carboxylic acids is 1. The van der Waals surface area contributed by atoms with Crippen molar-refractivity contribution in [2.24, 2.45) is 0 Å². The number of hydrogen-bond acceptors (Lipinski definition) is 7. The van der Waals surface area contributed by atoms with Gasteiger partial charge in [0.05, 0.1) is 19.2 Å². The number of methoxy groups -OCH3 is 1. The summed E-state index contributed by atoms with van der Waals surface area (Å²) in [5.74, 6) is 2.04. The fraction of sp³-hybridized carbons (Fsp3) is 0.261. The number of aromatic nitrogens is 2. The number of amides is 1. The lowest BCUT2D eigenvalue weighted by Crippen LogP contribution is -2.48. The van der Waals surface area contributed by atoms with E-state index in [0.717, 1.165) is 40.1 Å². The Morgan fingerprint density at radius 2 is 1.87 bits per heavy atom. The van der Waals surface area contributed by atoms with E-state index in [0.29, 0.717) is 31.3 Å². The van der Waals surface area contributed by atoms with Gasteiger partial charge in [-0.15, -0.1) is 11.3 Å². The first-order chi connectivity index (χ1) is 15.2. The Hall–Kier alpha value is -3.23. The van der Waals surface area contributed by atoms with Gasteiger partial charge in [-0.25, -0.2) is 0 Å². The molecule has 3 heterocycles. The summed E-state index contributed by atoms with van der Waals surface area (Å²) in [4.78, 5) is 21.7. The van der Waals surface area contributed by atoms with E-state index in [1.54, 1.807) is 18.4 Å². The molecule has 0 atom stereocenters. The molecule has 0 radical (unpaired) electrons. The normalized spacial score (nSPS) is 14.8. The summed E-state index contributed by atoms with van der Waals surface area (Å²) >= 11 is 1.62. The monoisotopic (exact) mass is 434 g/mol. The van der Waals surface area contributed by atoms with Crippen LogP contribution in [0.15, 0.2) is 58.4 Å². The second-order valence-electron chi connectivity index (χ2n) is 7.45. The van der Waals surface area contributed by atoms with E-state index in [2.05, 4.69) is 21.1 Å². The minimum atomic E-state index is 0.108. The van der Waals surface area contributed by atoms with Gasteiger partial charge in [0.15, 0.2) is 0 Å².